The molecule has 0 aromatic heterocycles. The number of fused-ring (bicyclic) bond motifs is 1. The fraction of sp³-hybridized carbons (Fsp3) is 0.286. The lowest BCUT2D eigenvalue weighted by Crippen LogP contribution is -2.37. The first-order chi connectivity index (χ1) is 15.0. The van der Waals surface area contributed by atoms with Crippen molar-refractivity contribution < 1.29 is 38.1 Å². The van der Waals surface area contributed by atoms with Gasteiger partial charge in [-0.1, -0.05) is 0 Å². The lowest BCUT2D eigenvalue weighted by atomic mass is 10.3. The molecule has 0 unspecified atom stereocenters. The first kappa shape index (κ1) is 21.8. The number of anilines is 1. The maximum Gasteiger partial charge on any atom is 0.325 e. The fourth-order valence-electron chi connectivity index (χ4n) is 2.57. The highest BCUT2D eigenvalue weighted by Gasteiger charge is 2.15. The van der Waals surface area contributed by atoms with E-state index in [1.165, 1.54) is 0 Å². The topological polar surface area (TPSA) is 121 Å². The van der Waals surface area contributed by atoms with Crippen LogP contribution in [0.3, 0.4) is 0 Å². The monoisotopic (exact) mass is 430 g/mol. The van der Waals surface area contributed by atoms with E-state index in [0.29, 0.717) is 29.5 Å². The number of carbonyl (C=O) groups is 3. The summed E-state index contributed by atoms with van der Waals surface area (Å²) in [5.74, 6) is 0.972. The highest BCUT2D eigenvalue weighted by molar-refractivity contribution is 6.02. The van der Waals surface area contributed by atoms with Crippen LogP contribution in [-0.4, -0.2) is 44.5 Å². The summed E-state index contributed by atoms with van der Waals surface area (Å²) in [5, 5.41) is 4.55. The second-order valence-electron chi connectivity index (χ2n) is 6.23. The maximum absolute atomic E-state index is 11.9. The predicted octanol–water partition coefficient (Wildman–Crippen LogP) is 2.47. The van der Waals surface area contributed by atoms with Crippen molar-refractivity contribution in [1.29, 1.82) is 0 Å². The van der Waals surface area contributed by atoms with Crippen molar-refractivity contribution in [2.24, 2.45) is 0 Å². The van der Waals surface area contributed by atoms with E-state index in [0.717, 1.165) is 5.75 Å². The molecule has 1 heterocycles. The molecule has 2 aromatic carbocycles. The summed E-state index contributed by atoms with van der Waals surface area (Å²) in [5.41, 5.74) is 0.415. The molecule has 0 spiro atoms. The lowest BCUT2D eigenvalue weighted by Gasteiger charge is -2.09. The predicted molar refractivity (Wildman–Crippen MR) is 108 cm³/mol. The molecule has 31 heavy (non-hydrogen) atoms. The molecular weight excluding hydrogens is 408 g/mol. The van der Waals surface area contributed by atoms with Gasteiger partial charge < -0.3 is 29.0 Å². The molecule has 0 bridgehead atoms. The Hall–Kier alpha value is -3.95. The Bertz CT molecular complexity index is 929. The Morgan fingerprint density at radius 2 is 1.68 bits per heavy atom. The van der Waals surface area contributed by atoms with Crippen molar-refractivity contribution in [3.8, 4) is 23.0 Å². The largest absolute Gasteiger partial charge is 0.494 e. The van der Waals surface area contributed by atoms with Crippen LogP contribution in [0.15, 0.2) is 42.5 Å². The van der Waals surface area contributed by atoms with Crippen LogP contribution in [0.4, 0.5) is 10.5 Å². The number of ether oxygens (including phenoxy) is 5. The van der Waals surface area contributed by atoms with Crippen LogP contribution < -0.4 is 29.6 Å². The molecule has 3 rings (SSSR count). The summed E-state index contributed by atoms with van der Waals surface area (Å²) in [4.78, 5) is 35.4. The summed E-state index contributed by atoms with van der Waals surface area (Å²) >= 11 is 0. The van der Waals surface area contributed by atoms with Crippen LogP contribution in [0.1, 0.15) is 13.3 Å². The summed E-state index contributed by atoms with van der Waals surface area (Å²) in [6, 6.07) is 11.0. The highest BCUT2D eigenvalue weighted by atomic mass is 16.7. The summed E-state index contributed by atoms with van der Waals surface area (Å²) in [7, 11) is 0. The molecule has 0 fully saturated rings. The lowest BCUT2D eigenvalue weighted by molar-refractivity contribution is -0.148. The molecular formula is C21H22N2O8. The smallest absolute Gasteiger partial charge is 0.325 e. The van der Waals surface area contributed by atoms with Gasteiger partial charge in [-0.25, -0.2) is 4.79 Å². The molecule has 0 aliphatic carbocycles. The molecule has 0 atom stereocenters. The number of nitrogens with one attached hydrogen (secondary N) is 2. The van der Waals surface area contributed by atoms with E-state index in [1.807, 2.05) is 6.92 Å². The minimum absolute atomic E-state index is 0.0517. The van der Waals surface area contributed by atoms with Gasteiger partial charge in [-0.3, -0.25) is 14.9 Å². The number of amides is 3. The van der Waals surface area contributed by atoms with Gasteiger partial charge in [0.25, 0.3) is 5.91 Å². The van der Waals surface area contributed by atoms with E-state index in [4.69, 9.17) is 23.7 Å². The Labute approximate surface area is 178 Å². The summed E-state index contributed by atoms with van der Waals surface area (Å²) in [6.45, 7) is 2.07. The molecule has 1 aliphatic rings. The quantitative estimate of drug-likeness (QED) is 0.582. The number of urea groups is 1. The van der Waals surface area contributed by atoms with E-state index >= 15 is 0 Å². The summed E-state index contributed by atoms with van der Waals surface area (Å²) < 4.78 is 26.0. The van der Waals surface area contributed by atoms with Crippen LogP contribution in [0, 0.1) is 0 Å². The second-order valence-corrected chi connectivity index (χ2v) is 6.23. The van der Waals surface area contributed by atoms with E-state index in [1.54, 1.807) is 42.5 Å². The van der Waals surface area contributed by atoms with Crippen molar-refractivity contribution in [2.45, 2.75) is 13.3 Å². The van der Waals surface area contributed by atoms with Crippen molar-refractivity contribution in [2.75, 3.05) is 31.9 Å². The van der Waals surface area contributed by atoms with Gasteiger partial charge in [-0.15, -0.1) is 0 Å². The third kappa shape index (κ3) is 6.81. The van der Waals surface area contributed by atoms with Crippen LogP contribution >= 0.6 is 0 Å². The van der Waals surface area contributed by atoms with E-state index in [-0.39, 0.29) is 19.8 Å². The molecule has 1 aliphatic heterocycles. The van der Waals surface area contributed by atoms with Crippen molar-refractivity contribution in [3.63, 3.8) is 0 Å². The molecule has 0 saturated heterocycles. The average molecular weight is 430 g/mol. The van der Waals surface area contributed by atoms with Crippen LogP contribution in [0.25, 0.3) is 0 Å². The van der Waals surface area contributed by atoms with E-state index < -0.39 is 24.5 Å². The van der Waals surface area contributed by atoms with Gasteiger partial charge in [0.2, 0.25) is 6.79 Å². The van der Waals surface area contributed by atoms with Gasteiger partial charge in [0.1, 0.15) is 11.5 Å². The van der Waals surface area contributed by atoms with Crippen LogP contribution in [0.2, 0.25) is 0 Å². The first-order valence-electron chi connectivity index (χ1n) is 9.55. The molecule has 10 heteroatoms. The Morgan fingerprint density at radius 1 is 0.968 bits per heavy atom. The van der Waals surface area contributed by atoms with Gasteiger partial charge >= 0.3 is 12.0 Å². The minimum Gasteiger partial charge on any atom is -0.494 e. The number of hydrogen-bond acceptors (Lipinski definition) is 8. The van der Waals surface area contributed by atoms with E-state index in [9.17, 15) is 14.4 Å². The third-order valence-electron chi connectivity index (χ3n) is 3.96. The molecule has 3 amide bonds. The van der Waals surface area contributed by atoms with Crippen molar-refractivity contribution in [3.05, 3.63) is 42.5 Å². The van der Waals surface area contributed by atoms with Gasteiger partial charge in [-0.05, 0) is 43.3 Å². The molecule has 164 valence electrons. The fourth-order valence-corrected chi connectivity index (χ4v) is 2.57. The van der Waals surface area contributed by atoms with E-state index in [2.05, 4.69) is 10.6 Å². The number of hydrogen-bond donors (Lipinski definition) is 2. The Morgan fingerprint density at radius 3 is 2.42 bits per heavy atom. The van der Waals surface area contributed by atoms with Crippen molar-refractivity contribution in [1.82, 2.24) is 5.32 Å². The Balaban J connectivity index is 1.31. The molecule has 0 radical (unpaired) electrons. The Kier molecular flexibility index (Phi) is 7.52. The normalized spacial score (nSPS) is 11.4. The number of rotatable bonds is 9. The minimum atomic E-state index is -0.765. The molecule has 2 N–H and O–H groups in total. The number of carbonyl (C=O) groups excluding carboxylic acids is 3. The number of benzene rings is 2. The molecule has 10 nitrogen and oxygen atoms in total. The molecule has 0 saturated carbocycles. The maximum atomic E-state index is 11.9. The van der Waals surface area contributed by atoms with Gasteiger partial charge in [0, 0.05) is 11.8 Å². The first-order valence-corrected chi connectivity index (χ1v) is 9.55. The SMILES string of the molecule is CCOc1ccc(OCCC(=O)OCC(=O)NC(=O)Nc2ccc3c(c2)OCO3)cc1. The van der Waals surface area contributed by atoms with Gasteiger partial charge in [0.05, 0.1) is 19.6 Å². The molecule has 2 aromatic rings. The second kappa shape index (κ2) is 10.7. The number of esters is 1. The zero-order chi connectivity index (χ0) is 22.1. The van der Waals surface area contributed by atoms with Crippen LogP contribution in [-0.2, 0) is 14.3 Å². The third-order valence-corrected chi connectivity index (χ3v) is 3.96. The zero-order valence-electron chi connectivity index (χ0n) is 16.8. The van der Waals surface area contributed by atoms with Gasteiger partial charge in [0.15, 0.2) is 18.1 Å². The standard InChI is InChI=1S/C21H22N2O8/c1-2-27-15-4-6-16(7-5-15)28-10-9-20(25)29-12-19(24)23-21(26)22-14-3-8-17-18(11-14)31-13-30-17/h3-8,11H,2,9-10,12-13H2,1H3,(H2,22,23,24,26). The number of imide groups is 1. The van der Waals surface area contributed by atoms with Gasteiger partial charge in [-0.2, -0.15) is 0 Å². The zero-order valence-corrected chi connectivity index (χ0v) is 16.8. The summed E-state index contributed by atoms with van der Waals surface area (Å²) in [6.07, 6.45) is -0.0517. The van der Waals surface area contributed by atoms with Crippen molar-refractivity contribution >= 4 is 23.6 Å². The van der Waals surface area contributed by atoms with Crippen LogP contribution in [0.5, 0.6) is 23.0 Å². The average Bonchev–Trinajstić information content (AvgIpc) is 3.21. The highest BCUT2D eigenvalue weighted by Crippen LogP contribution is 2.34.